The lowest BCUT2D eigenvalue weighted by Gasteiger charge is -2.30. The largest absolute Gasteiger partial charge is 0.382 e. The summed E-state index contributed by atoms with van der Waals surface area (Å²) in [6, 6.07) is 6.11. The van der Waals surface area contributed by atoms with E-state index in [-0.39, 0.29) is 11.2 Å². The van der Waals surface area contributed by atoms with E-state index in [1.54, 1.807) is 6.07 Å². The van der Waals surface area contributed by atoms with E-state index in [0.29, 0.717) is 18.0 Å². The average Bonchev–Trinajstić information content (AvgIpc) is 3.21. The molecular weight excluding hydrogens is 350 g/mol. The Morgan fingerprint density at radius 1 is 1.21 bits per heavy atom. The van der Waals surface area contributed by atoms with Gasteiger partial charge in [0.15, 0.2) is 5.78 Å². The molecule has 0 bridgehead atoms. The summed E-state index contributed by atoms with van der Waals surface area (Å²) in [6.45, 7) is 6.29. The minimum absolute atomic E-state index is 0.0509. The average molecular weight is 380 g/mol. The summed E-state index contributed by atoms with van der Waals surface area (Å²) in [5.41, 5.74) is 10.8. The van der Waals surface area contributed by atoms with Crippen molar-refractivity contribution >= 4 is 17.4 Å². The van der Waals surface area contributed by atoms with Gasteiger partial charge in [-0.05, 0) is 55.4 Å². The first-order chi connectivity index (χ1) is 13.2. The second-order valence-electron chi connectivity index (χ2n) is 9.16. The SMILES string of the molecule is Cc1cn(-c2ccc(C(N)=O)c(NC3CCCC3)c2)c2c1C(=O)CC(C)(C)C2. The molecule has 3 N–H and O–H groups in total. The van der Waals surface area contributed by atoms with Crippen LogP contribution in [0.2, 0.25) is 0 Å². The number of ketones is 1. The molecule has 1 amide bonds. The Morgan fingerprint density at radius 2 is 1.93 bits per heavy atom. The Hall–Kier alpha value is -2.56. The summed E-state index contributed by atoms with van der Waals surface area (Å²) in [4.78, 5) is 24.7. The molecule has 0 atom stereocenters. The molecule has 2 aliphatic rings. The number of nitrogens with one attached hydrogen (secondary N) is 1. The predicted molar refractivity (Wildman–Crippen MR) is 111 cm³/mol. The minimum Gasteiger partial charge on any atom is -0.382 e. The van der Waals surface area contributed by atoms with Gasteiger partial charge in [-0.1, -0.05) is 26.7 Å². The number of benzene rings is 1. The second kappa shape index (κ2) is 6.80. The number of nitrogens with two attached hydrogens (primary N) is 1. The van der Waals surface area contributed by atoms with Gasteiger partial charge in [-0.25, -0.2) is 0 Å². The summed E-state index contributed by atoms with van der Waals surface area (Å²) < 4.78 is 2.12. The number of carbonyl (C=O) groups is 2. The number of amides is 1. The number of hydrogen-bond acceptors (Lipinski definition) is 3. The van der Waals surface area contributed by atoms with E-state index in [4.69, 9.17) is 5.73 Å². The maximum Gasteiger partial charge on any atom is 0.250 e. The van der Waals surface area contributed by atoms with Crippen LogP contribution in [0.1, 0.15) is 77.9 Å². The molecule has 1 aromatic carbocycles. The molecule has 4 rings (SSSR count). The van der Waals surface area contributed by atoms with Crippen molar-refractivity contribution in [3.8, 4) is 5.69 Å². The van der Waals surface area contributed by atoms with Gasteiger partial charge in [0.2, 0.25) is 0 Å². The fourth-order valence-electron chi connectivity index (χ4n) is 4.81. The topological polar surface area (TPSA) is 77.1 Å². The Labute approximate surface area is 166 Å². The lowest BCUT2D eigenvalue weighted by Crippen LogP contribution is -2.28. The highest BCUT2D eigenvalue weighted by Crippen LogP contribution is 2.38. The molecule has 1 heterocycles. The number of nitrogens with zero attached hydrogens (tertiary/aromatic N) is 1. The van der Waals surface area contributed by atoms with Crippen molar-refractivity contribution < 1.29 is 9.59 Å². The number of carbonyl (C=O) groups excluding carboxylic acids is 2. The van der Waals surface area contributed by atoms with E-state index in [9.17, 15) is 9.59 Å². The Morgan fingerprint density at radius 3 is 2.61 bits per heavy atom. The van der Waals surface area contributed by atoms with E-state index in [2.05, 4.69) is 23.7 Å². The normalized spacial score (nSPS) is 18.9. The number of hydrogen-bond donors (Lipinski definition) is 2. The van der Waals surface area contributed by atoms with E-state index in [1.807, 2.05) is 25.3 Å². The third-order valence-electron chi connectivity index (χ3n) is 6.12. The van der Waals surface area contributed by atoms with Crippen LogP contribution >= 0.6 is 0 Å². The highest BCUT2D eigenvalue weighted by molar-refractivity contribution is 6.01. The van der Waals surface area contributed by atoms with Crippen molar-refractivity contribution in [3.05, 3.63) is 46.8 Å². The van der Waals surface area contributed by atoms with Crippen LogP contribution < -0.4 is 11.1 Å². The monoisotopic (exact) mass is 379 g/mol. The number of aryl methyl sites for hydroxylation is 1. The van der Waals surface area contributed by atoms with Crippen LogP contribution in [0.15, 0.2) is 24.4 Å². The van der Waals surface area contributed by atoms with Gasteiger partial charge in [-0.15, -0.1) is 0 Å². The molecule has 148 valence electrons. The van der Waals surface area contributed by atoms with Crippen molar-refractivity contribution in [1.29, 1.82) is 0 Å². The first-order valence-corrected chi connectivity index (χ1v) is 10.2. The number of Topliss-reactive ketones (excluding diaryl/α,β-unsaturated/α-hetero) is 1. The first-order valence-electron chi connectivity index (χ1n) is 10.2. The number of rotatable bonds is 4. The van der Waals surface area contributed by atoms with Gasteiger partial charge < -0.3 is 15.6 Å². The molecule has 0 unspecified atom stereocenters. The highest BCUT2D eigenvalue weighted by atomic mass is 16.1. The van der Waals surface area contributed by atoms with Crippen LogP contribution in [0.4, 0.5) is 5.69 Å². The quantitative estimate of drug-likeness (QED) is 0.827. The predicted octanol–water partition coefficient (Wildman–Crippen LogP) is 4.39. The molecule has 0 aliphatic heterocycles. The van der Waals surface area contributed by atoms with E-state index < -0.39 is 5.91 Å². The van der Waals surface area contributed by atoms with Crippen molar-refractivity contribution in [2.24, 2.45) is 11.1 Å². The van der Waals surface area contributed by atoms with Gasteiger partial charge in [0.25, 0.3) is 5.91 Å². The standard InChI is InChI=1S/C23H29N3O2/c1-14-13-26(19-11-23(2,3)12-20(27)21(14)19)16-8-9-17(22(24)28)18(10-16)25-15-6-4-5-7-15/h8-10,13,15,25H,4-7,11-12H2,1-3H3,(H2,24,28). The zero-order valence-corrected chi connectivity index (χ0v) is 17.0. The molecule has 0 saturated heterocycles. The molecule has 2 aromatic rings. The van der Waals surface area contributed by atoms with Gasteiger partial charge in [0.1, 0.15) is 0 Å². The van der Waals surface area contributed by atoms with Gasteiger partial charge in [-0.2, -0.15) is 0 Å². The van der Waals surface area contributed by atoms with Crippen LogP contribution in [0.3, 0.4) is 0 Å². The van der Waals surface area contributed by atoms with Gasteiger partial charge in [0.05, 0.1) is 5.56 Å². The fraction of sp³-hybridized carbons (Fsp3) is 0.478. The van der Waals surface area contributed by atoms with E-state index >= 15 is 0 Å². The van der Waals surface area contributed by atoms with Crippen LogP contribution in [0.25, 0.3) is 5.69 Å². The van der Waals surface area contributed by atoms with Gasteiger partial charge in [-0.3, -0.25) is 9.59 Å². The summed E-state index contributed by atoms with van der Waals surface area (Å²) in [5.74, 6) is -0.199. The van der Waals surface area contributed by atoms with Crippen LogP contribution in [0.5, 0.6) is 0 Å². The maximum absolute atomic E-state index is 12.7. The molecule has 28 heavy (non-hydrogen) atoms. The number of aromatic nitrogens is 1. The van der Waals surface area contributed by atoms with Crippen LogP contribution in [-0.4, -0.2) is 22.3 Å². The third-order valence-corrected chi connectivity index (χ3v) is 6.12. The molecule has 5 nitrogen and oxygen atoms in total. The van der Waals surface area contributed by atoms with Crippen molar-refractivity contribution in [2.45, 2.75) is 65.3 Å². The smallest absolute Gasteiger partial charge is 0.250 e. The second-order valence-corrected chi connectivity index (χ2v) is 9.16. The number of primary amides is 1. The first kappa shape index (κ1) is 18.8. The number of anilines is 1. The van der Waals surface area contributed by atoms with Gasteiger partial charge in [0, 0.05) is 41.3 Å². The molecular formula is C23H29N3O2. The molecule has 1 fully saturated rings. The van der Waals surface area contributed by atoms with E-state index in [0.717, 1.165) is 47.5 Å². The molecule has 1 saturated carbocycles. The van der Waals surface area contributed by atoms with Crippen LogP contribution in [0, 0.1) is 12.3 Å². The van der Waals surface area contributed by atoms with Crippen LogP contribution in [-0.2, 0) is 6.42 Å². The lowest BCUT2D eigenvalue weighted by atomic mass is 9.75. The molecule has 0 radical (unpaired) electrons. The molecule has 5 heteroatoms. The lowest BCUT2D eigenvalue weighted by molar-refractivity contribution is 0.0909. The maximum atomic E-state index is 12.7. The summed E-state index contributed by atoms with van der Waals surface area (Å²) >= 11 is 0. The van der Waals surface area contributed by atoms with Crippen molar-refractivity contribution in [2.75, 3.05) is 5.32 Å². The number of fused-ring (bicyclic) bond motifs is 1. The molecule has 0 spiro atoms. The summed E-state index contributed by atoms with van der Waals surface area (Å²) in [6.07, 6.45) is 8.13. The fourth-order valence-corrected chi connectivity index (χ4v) is 4.81. The molecule has 2 aliphatic carbocycles. The van der Waals surface area contributed by atoms with Gasteiger partial charge >= 0.3 is 0 Å². The zero-order valence-electron chi connectivity index (χ0n) is 17.0. The highest BCUT2D eigenvalue weighted by Gasteiger charge is 2.34. The Kier molecular flexibility index (Phi) is 4.56. The van der Waals surface area contributed by atoms with E-state index in [1.165, 1.54) is 12.8 Å². The Bertz CT molecular complexity index is 949. The Balaban J connectivity index is 1.79. The summed E-state index contributed by atoms with van der Waals surface area (Å²) in [7, 11) is 0. The van der Waals surface area contributed by atoms with Crippen molar-refractivity contribution in [1.82, 2.24) is 4.57 Å². The third kappa shape index (κ3) is 3.34. The zero-order chi connectivity index (χ0) is 20.1. The minimum atomic E-state index is -0.422. The summed E-state index contributed by atoms with van der Waals surface area (Å²) in [5, 5.41) is 3.53. The molecule has 1 aromatic heterocycles. The van der Waals surface area contributed by atoms with Crippen molar-refractivity contribution in [3.63, 3.8) is 0 Å².